The Bertz CT molecular complexity index is 608. The molecule has 0 aromatic heterocycles. The number of carbonyl (C=O) groups is 2. The zero-order chi connectivity index (χ0) is 15.7. The SMILES string of the molecule is CC1CC(NC(=O)c2cccc3c2OC(C)C(=O)N3)CCN1.Cl. The fourth-order valence-corrected chi connectivity index (χ4v) is 2.93. The van der Waals surface area contributed by atoms with Gasteiger partial charge in [-0.3, -0.25) is 9.59 Å². The molecule has 2 amide bonds. The summed E-state index contributed by atoms with van der Waals surface area (Å²) in [5.41, 5.74) is 1.02. The predicted molar refractivity (Wildman–Crippen MR) is 90.4 cm³/mol. The van der Waals surface area contributed by atoms with Crippen LogP contribution in [0, 0.1) is 0 Å². The van der Waals surface area contributed by atoms with Crippen LogP contribution in [0.3, 0.4) is 0 Å². The maximum atomic E-state index is 12.6. The highest BCUT2D eigenvalue weighted by Gasteiger charge is 2.28. The topological polar surface area (TPSA) is 79.5 Å². The van der Waals surface area contributed by atoms with E-state index in [0.717, 1.165) is 19.4 Å². The second kappa shape index (κ2) is 7.19. The third-order valence-electron chi connectivity index (χ3n) is 4.14. The van der Waals surface area contributed by atoms with Gasteiger partial charge < -0.3 is 20.7 Å². The second-order valence-corrected chi connectivity index (χ2v) is 5.98. The fourth-order valence-electron chi connectivity index (χ4n) is 2.93. The summed E-state index contributed by atoms with van der Waals surface area (Å²) in [7, 11) is 0. The summed E-state index contributed by atoms with van der Waals surface area (Å²) >= 11 is 0. The number of hydrogen-bond donors (Lipinski definition) is 3. The number of anilines is 1. The molecule has 0 bridgehead atoms. The van der Waals surface area contributed by atoms with Gasteiger partial charge in [-0.2, -0.15) is 0 Å². The molecule has 1 saturated heterocycles. The van der Waals surface area contributed by atoms with Crippen LogP contribution < -0.4 is 20.7 Å². The molecule has 3 rings (SSSR count). The Kier molecular flexibility index (Phi) is 5.49. The van der Waals surface area contributed by atoms with Gasteiger partial charge in [0.1, 0.15) is 0 Å². The molecule has 23 heavy (non-hydrogen) atoms. The molecule has 3 atom stereocenters. The largest absolute Gasteiger partial charge is 0.478 e. The van der Waals surface area contributed by atoms with Crippen molar-refractivity contribution in [2.75, 3.05) is 11.9 Å². The molecular weight excluding hydrogens is 318 g/mol. The Balaban J connectivity index is 0.00000192. The molecule has 1 aromatic rings. The Labute approximate surface area is 141 Å². The zero-order valence-electron chi connectivity index (χ0n) is 13.2. The summed E-state index contributed by atoms with van der Waals surface area (Å²) in [5, 5.41) is 9.19. The van der Waals surface area contributed by atoms with E-state index in [2.05, 4.69) is 22.9 Å². The number of benzene rings is 1. The molecule has 126 valence electrons. The van der Waals surface area contributed by atoms with Gasteiger partial charge in [0, 0.05) is 12.1 Å². The molecule has 3 N–H and O–H groups in total. The van der Waals surface area contributed by atoms with Crippen LogP contribution in [-0.4, -0.2) is 36.5 Å². The number of ether oxygens (including phenoxy) is 1. The van der Waals surface area contributed by atoms with Crippen molar-refractivity contribution >= 4 is 29.9 Å². The van der Waals surface area contributed by atoms with E-state index in [1.807, 2.05) is 0 Å². The fraction of sp³-hybridized carbons (Fsp3) is 0.500. The molecule has 0 saturated carbocycles. The minimum absolute atomic E-state index is 0. The van der Waals surface area contributed by atoms with E-state index in [9.17, 15) is 9.59 Å². The Morgan fingerprint density at radius 2 is 2.13 bits per heavy atom. The van der Waals surface area contributed by atoms with E-state index < -0.39 is 6.10 Å². The first-order valence-corrected chi connectivity index (χ1v) is 7.69. The first-order valence-electron chi connectivity index (χ1n) is 7.69. The van der Waals surface area contributed by atoms with Gasteiger partial charge in [0.15, 0.2) is 11.9 Å². The number of para-hydroxylation sites is 1. The summed E-state index contributed by atoms with van der Waals surface area (Å²) in [5.74, 6) is 0.102. The monoisotopic (exact) mass is 339 g/mol. The van der Waals surface area contributed by atoms with E-state index in [0.29, 0.717) is 23.0 Å². The number of halogens is 1. The number of nitrogens with one attached hydrogen (secondary N) is 3. The summed E-state index contributed by atoms with van der Waals surface area (Å²) in [6.07, 6.45) is 1.23. The van der Waals surface area contributed by atoms with Crippen molar-refractivity contribution in [3.8, 4) is 5.75 Å². The van der Waals surface area contributed by atoms with E-state index in [-0.39, 0.29) is 30.3 Å². The van der Waals surface area contributed by atoms with E-state index in [1.165, 1.54) is 0 Å². The number of carbonyl (C=O) groups excluding carboxylic acids is 2. The standard InChI is InChI=1S/C16H21N3O3.ClH/c1-9-8-11(6-7-17-9)18-16(21)12-4-3-5-13-14(12)22-10(2)15(20)19-13;/h3-5,9-11,17H,6-8H2,1-2H3,(H,18,21)(H,19,20);1H. The van der Waals surface area contributed by atoms with Crippen LogP contribution in [0.1, 0.15) is 37.0 Å². The van der Waals surface area contributed by atoms with Gasteiger partial charge in [-0.1, -0.05) is 6.07 Å². The highest BCUT2D eigenvalue weighted by atomic mass is 35.5. The number of amides is 2. The van der Waals surface area contributed by atoms with Crippen LogP contribution in [0.4, 0.5) is 5.69 Å². The number of rotatable bonds is 2. The quantitative estimate of drug-likeness (QED) is 0.766. The van der Waals surface area contributed by atoms with Crippen molar-refractivity contribution in [1.82, 2.24) is 10.6 Å². The molecule has 7 heteroatoms. The first-order chi connectivity index (χ1) is 10.5. The molecule has 6 nitrogen and oxygen atoms in total. The van der Waals surface area contributed by atoms with Crippen LogP contribution in [-0.2, 0) is 4.79 Å². The van der Waals surface area contributed by atoms with Crippen molar-refractivity contribution in [2.45, 2.75) is 44.9 Å². The molecule has 0 radical (unpaired) electrons. The van der Waals surface area contributed by atoms with Gasteiger partial charge >= 0.3 is 0 Å². The lowest BCUT2D eigenvalue weighted by atomic mass is 10.00. The molecule has 1 aromatic carbocycles. The smallest absolute Gasteiger partial charge is 0.265 e. The van der Waals surface area contributed by atoms with Crippen molar-refractivity contribution in [2.24, 2.45) is 0 Å². The minimum atomic E-state index is -0.597. The second-order valence-electron chi connectivity index (χ2n) is 5.98. The Morgan fingerprint density at radius 1 is 1.35 bits per heavy atom. The van der Waals surface area contributed by atoms with E-state index >= 15 is 0 Å². The van der Waals surface area contributed by atoms with Gasteiger partial charge in [0.05, 0.1) is 11.3 Å². The van der Waals surface area contributed by atoms with Crippen LogP contribution in [0.25, 0.3) is 0 Å². The van der Waals surface area contributed by atoms with Crippen LogP contribution in [0.15, 0.2) is 18.2 Å². The molecule has 2 aliphatic rings. The highest BCUT2D eigenvalue weighted by molar-refractivity contribution is 6.04. The van der Waals surface area contributed by atoms with Gasteiger partial charge in [-0.05, 0) is 45.4 Å². The summed E-state index contributed by atoms with van der Waals surface area (Å²) < 4.78 is 5.62. The van der Waals surface area contributed by atoms with Crippen molar-refractivity contribution < 1.29 is 14.3 Å². The third-order valence-corrected chi connectivity index (χ3v) is 4.14. The van der Waals surface area contributed by atoms with E-state index in [1.54, 1.807) is 25.1 Å². The van der Waals surface area contributed by atoms with E-state index in [4.69, 9.17) is 4.74 Å². The molecular formula is C16H22ClN3O3. The predicted octanol–water partition coefficient (Wildman–Crippen LogP) is 1.70. The average molecular weight is 340 g/mol. The summed E-state index contributed by atoms with van der Waals surface area (Å²) in [6.45, 7) is 4.69. The Morgan fingerprint density at radius 3 is 2.87 bits per heavy atom. The molecule has 3 unspecified atom stereocenters. The van der Waals surface area contributed by atoms with Crippen molar-refractivity contribution in [3.63, 3.8) is 0 Å². The van der Waals surface area contributed by atoms with Gasteiger partial charge in [0.2, 0.25) is 0 Å². The molecule has 1 fully saturated rings. The third kappa shape index (κ3) is 3.76. The van der Waals surface area contributed by atoms with Crippen LogP contribution in [0.5, 0.6) is 5.75 Å². The lowest BCUT2D eigenvalue weighted by molar-refractivity contribution is -0.122. The maximum absolute atomic E-state index is 12.6. The van der Waals surface area contributed by atoms with Gasteiger partial charge in [0.25, 0.3) is 11.8 Å². The van der Waals surface area contributed by atoms with Gasteiger partial charge in [-0.15, -0.1) is 12.4 Å². The van der Waals surface area contributed by atoms with Crippen LogP contribution >= 0.6 is 12.4 Å². The lowest BCUT2D eigenvalue weighted by Gasteiger charge is -2.29. The van der Waals surface area contributed by atoms with Gasteiger partial charge in [-0.25, -0.2) is 0 Å². The maximum Gasteiger partial charge on any atom is 0.265 e. The molecule has 0 spiro atoms. The number of piperidine rings is 1. The molecule has 2 heterocycles. The first kappa shape index (κ1) is 17.6. The lowest BCUT2D eigenvalue weighted by Crippen LogP contribution is -2.46. The highest BCUT2D eigenvalue weighted by Crippen LogP contribution is 2.33. The zero-order valence-corrected chi connectivity index (χ0v) is 14.0. The Hall–Kier alpha value is -1.79. The minimum Gasteiger partial charge on any atom is -0.478 e. The molecule has 0 aliphatic carbocycles. The van der Waals surface area contributed by atoms with Crippen molar-refractivity contribution in [3.05, 3.63) is 23.8 Å². The average Bonchev–Trinajstić information content (AvgIpc) is 2.48. The molecule has 2 aliphatic heterocycles. The summed E-state index contributed by atoms with van der Waals surface area (Å²) in [6, 6.07) is 5.78. The number of fused-ring (bicyclic) bond motifs is 1. The van der Waals surface area contributed by atoms with Crippen LogP contribution in [0.2, 0.25) is 0 Å². The normalized spacial score (nSPS) is 26.2. The summed E-state index contributed by atoms with van der Waals surface area (Å²) in [4.78, 5) is 24.2. The van der Waals surface area contributed by atoms with Crippen molar-refractivity contribution in [1.29, 1.82) is 0 Å². The number of hydrogen-bond acceptors (Lipinski definition) is 4.